The predicted octanol–water partition coefficient (Wildman–Crippen LogP) is 4.02. The van der Waals surface area contributed by atoms with E-state index in [1.807, 2.05) is 12.1 Å². The quantitative estimate of drug-likeness (QED) is 0.632. The van der Waals surface area contributed by atoms with Gasteiger partial charge in [0.1, 0.15) is 5.75 Å². The van der Waals surface area contributed by atoms with E-state index in [1.54, 1.807) is 18.2 Å². The summed E-state index contributed by atoms with van der Waals surface area (Å²) >= 11 is 3.30. The van der Waals surface area contributed by atoms with Crippen LogP contribution in [0.5, 0.6) is 11.5 Å². The van der Waals surface area contributed by atoms with E-state index in [2.05, 4.69) is 15.9 Å². The van der Waals surface area contributed by atoms with Crippen LogP contribution in [0.1, 0.15) is 5.56 Å². The lowest BCUT2D eigenvalue weighted by Gasteiger charge is -2.07. The maximum Gasteiger partial charge on any atom is 0.312 e. The van der Waals surface area contributed by atoms with Crippen LogP contribution in [0.2, 0.25) is 0 Å². The van der Waals surface area contributed by atoms with E-state index in [1.165, 1.54) is 18.2 Å². The van der Waals surface area contributed by atoms with Gasteiger partial charge in [-0.2, -0.15) is 5.26 Å². The fraction of sp³-hybridized carbons (Fsp3) is 0. The van der Waals surface area contributed by atoms with Crippen LogP contribution >= 0.6 is 15.9 Å². The number of nitrogens with zero attached hydrogens (tertiary/aromatic N) is 2. The van der Waals surface area contributed by atoms with Crippen molar-refractivity contribution in [3.8, 4) is 17.6 Å². The van der Waals surface area contributed by atoms with Gasteiger partial charge in [0.25, 0.3) is 0 Å². The molecular formula is C13H7BrN2O3. The first-order valence-electron chi connectivity index (χ1n) is 5.22. The largest absolute Gasteiger partial charge is 0.449 e. The molecule has 0 unspecified atom stereocenters. The number of benzene rings is 2. The third-order valence-corrected chi connectivity index (χ3v) is 3.00. The third kappa shape index (κ3) is 2.89. The predicted molar refractivity (Wildman–Crippen MR) is 72.0 cm³/mol. The average molecular weight is 319 g/mol. The van der Waals surface area contributed by atoms with Gasteiger partial charge in [0.2, 0.25) is 5.75 Å². The summed E-state index contributed by atoms with van der Waals surface area (Å²) < 4.78 is 6.19. The van der Waals surface area contributed by atoms with Crippen LogP contribution in [-0.4, -0.2) is 4.92 Å². The number of rotatable bonds is 3. The molecule has 0 fully saturated rings. The molecule has 19 heavy (non-hydrogen) atoms. The lowest BCUT2D eigenvalue weighted by Crippen LogP contribution is -1.94. The zero-order valence-corrected chi connectivity index (χ0v) is 11.1. The van der Waals surface area contributed by atoms with E-state index in [0.29, 0.717) is 10.2 Å². The summed E-state index contributed by atoms with van der Waals surface area (Å²) in [4.78, 5) is 10.4. The van der Waals surface area contributed by atoms with Crippen LogP contribution in [0.3, 0.4) is 0 Å². The summed E-state index contributed by atoms with van der Waals surface area (Å²) in [5.74, 6) is 0.561. The fourth-order valence-corrected chi connectivity index (χ4v) is 1.83. The van der Waals surface area contributed by atoms with Crippen LogP contribution in [-0.2, 0) is 0 Å². The highest BCUT2D eigenvalue weighted by Gasteiger charge is 2.17. The van der Waals surface area contributed by atoms with Crippen molar-refractivity contribution < 1.29 is 9.66 Å². The number of hydrogen-bond donors (Lipinski definition) is 0. The second kappa shape index (κ2) is 5.50. The third-order valence-electron chi connectivity index (χ3n) is 2.34. The highest BCUT2D eigenvalue weighted by molar-refractivity contribution is 9.10. The zero-order valence-electron chi connectivity index (χ0n) is 9.54. The number of ether oxygens (including phenoxy) is 1. The van der Waals surface area contributed by atoms with Crippen LogP contribution in [0.15, 0.2) is 46.9 Å². The topological polar surface area (TPSA) is 76.2 Å². The van der Waals surface area contributed by atoms with Crippen molar-refractivity contribution in [2.45, 2.75) is 0 Å². The van der Waals surface area contributed by atoms with Crippen molar-refractivity contribution >= 4 is 21.6 Å². The molecule has 2 rings (SSSR count). The Balaban J connectivity index is 2.43. The number of nitro benzene ring substituents is 1. The number of nitriles is 1. The number of nitro groups is 1. The Labute approximate surface area is 117 Å². The van der Waals surface area contributed by atoms with Gasteiger partial charge in [-0.15, -0.1) is 0 Å². The molecule has 0 spiro atoms. The van der Waals surface area contributed by atoms with Gasteiger partial charge in [-0.25, -0.2) is 0 Å². The summed E-state index contributed by atoms with van der Waals surface area (Å²) in [6, 6.07) is 13.0. The molecule has 0 saturated heterocycles. The first-order chi connectivity index (χ1) is 9.11. The molecule has 0 N–H and O–H groups in total. The number of hydrogen-bond acceptors (Lipinski definition) is 4. The standard InChI is InChI=1S/C13H7BrN2O3/c14-10-3-1-2-4-12(10)19-13-6-5-9(8-15)7-11(13)16(17)18/h1-7H. The van der Waals surface area contributed by atoms with Crippen molar-refractivity contribution in [1.29, 1.82) is 5.26 Å². The van der Waals surface area contributed by atoms with Crippen molar-refractivity contribution in [1.82, 2.24) is 0 Å². The Morgan fingerprint density at radius 2 is 1.95 bits per heavy atom. The Hall–Kier alpha value is -2.39. The lowest BCUT2D eigenvalue weighted by atomic mass is 10.2. The summed E-state index contributed by atoms with van der Waals surface area (Å²) in [7, 11) is 0. The molecule has 0 atom stereocenters. The zero-order chi connectivity index (χ0) is 13.8. The molecular weight excluding hydrogens is 312 g/mol. The molecule has 0 bridgehead atoms. The molecule has 0 aromatic heterocycles. The van der Waals surface area contributed by atoms with Crippen LogP contribution in [0.25, 0.3) is 0 Å². The minimum absolute atomic E-state index is 0.0934. The van der Waals surface area contributed by atoms with Gasteiger partial charge in [0, 0.05) is 6.07 Å². The van der Waals surface area contributed by atoms with Crippen molar-refractivity contribution in [3.63, 3.8) is 0 Å². The van der Waals surface area contributed by atoms with Gasteiger partial charge in [-0.1, -0.05) is 12.1 Å². The van der Waals surface area contributed by atoms with Crippen LogP contribution in [0.4, 0.5) is 5.69 Å². The van der Waals surface area contributed by atoms with Crippen LogP contribution in [0, 0.1) is 21.4 Å². The summed E-state index contributed by atoms with van der Waals surface area (Å²) in [6.45, 7) is 0. The molecule has 0 amide bonds. The first-order valence-corrected chi connectivity index (χ1v) is 6.02. The monoisotopic (exact) mass is 318 g/mol. The van der Waals surface area contributed by atoms with E-state index in [9.17, 15) is 10.1 Å². The lowest BCUT2D eigenvalue weighted by molar-refractivity contribution is -0.385. The second-order valence-corrected chi connectivity index (χ2v) is 4.44. The Morgan fingerprint density at radius 1 is 1.21 bits per heavy atom. The SMILES string of the molecule is N#Cc1ccc(Oc2ccccc2Br)c([N+](=O)[O-])c1. The normalized spacial score (nSPS) is 9.68. The maximum atomic E-state index is 11.0. The average Bonchev–Trinajstić information content (AvgIpc) is 2.41. The molecule has 2 aromatic carbocycles. The Bertz CT molecular complexity index is 680. The highest BCUT2D eigenvalue weighted by Crippen LogP contribution is 2.35. The molecule has 0 saturated carbocycles. The van der Waals surface area contributed by atoms with E-state index in [4.69, 9.17) is 10.00 Å². The summed E-state index contributed by atoms with van der Waals surface area (Å²) in [5, 5.41) is 19.7. The number of para-hydroxylation sites is 1. The highest BCUT2D eigenvalue weighted by atomic mass is 79.9. The van der Waals surface area contributed by atoms with Gasteiger partial charge in [-0.3, -0.25) is 10.1 Å². The van der Waals surface area contributed by atoms with Gasteiger partial charge in [0.15, 0.2) is 0 Å². The Morgan fingerprint density at radius 3 is 2.58 bits per heavy atom. The maximum absolute atomic E-state index is 11.0. The minimum Gasteiger partial charge on any atom is -0.449 e. The van der Waals surface area contributed by atoms with Crippen molar-refractivity contribution in [2.75, 3.05) is 0 Å². The molecule has 2 aromatic rings. The summed E-state index contributed by atoms with van der Waals surface area (Å²) in [6.07, 6.45) is 0. The molecule has 0 aliphatic rings. The first kappa shape index (κ1) is 13.1. The fourth-order valence-electron chi connectivity index (χ4n) is 1.46. The molecule has 0 heterocycles. The molecule has 94 valence electrons. The van der Waals surface area contributed by atoms with Gasteiger partial charge in [0.05, 0.1) is 21.0 Å². The molecule has 6 heteroatoms. The molecule has 0 aliphatic heterocycles. The second-order valence-electron chi connectivity index (χ2n) is 3.58. The van der Waals surface area contributed by atoms with Crippen molar-refractivity contribution in [3.05, 3.63) is 62.6 Å². The summed E-state index contributed by atoms with van der Waals surface area (Å²) in [5.41, 5.74) is -0.0269. The van der Waals surface area contributed by atoms with Gasteiger partial charge in [-0.05, 0) is 40.2 Å². The van der Waals surface area contributed by atoms with Crippen molar-refractivity contribution in [2.24, 2.45) is 0 Å². The minimum atomic E-state index is -0.576. The number of halogens is 1. The van der Waals surface area contributed by atoms with E-state index < -0.39 is 4.92 Å². The van der Waals surface area contributed by atoms with Gasteiger partial charge >= 0.3 is 5.69 Å². The van der Waals surface area contributed by atoms with E-state index in [-0.39, 0.29) is 17.0 Å². The van der Waals surface area contributed by atoms with Gasteiger partial charge < -0.3 is 4.74 Å². The van der Waals surface area contributed by atoms with Crippen LogP contribution < -0.4 is 4.74 Å². The molecule has 5 nitrogen and oxygen atoms in total. The molecule has 0 radical (unpaired) electrons. The Kier molecular flexibility index (Phi) is 3.78. The van der Waals surface area contributed by atoms with E-state index in [0.717, 1.165) is 0 Å². The molecule has 0 aliphatic carbocycles. The smallest absolute Gasteiger partial charge is 0.312 e. The van der Waals surface area contributed by atoms with E-state index >= 15 is 0 Å².